The summed E-state index contributed by atoms with van der Waals surface area (Å²) >= 11 is 0. The molecule has 2 rings (SSSR count). The van der Waals surface area contributed by atoms with E-state index in [4.69, 9.17) is 17.1 Å². The third-order valence-electron chi connectivity index (χ3n) is 2.43. The summed E-state index contributed by atoms with van der Waals surface area (Å²) in [5.41, 5.74) is 1.83. The molecule has 0 amide bonds. The third-order valence-corrected chi connectivity index (χ3v) is 2.43. The van der Waals surface area contributed by atoms with E-state index in [0.717, 1.165) is 0 Å². The molecule has 0 unspecified atom stereocenters. The summed E-state index contributed by atoms with van der Waals surface area (Å²) in [6.07, 6.45) is 1.64. The van der Waals surface area contributed by atoms with Crippen LogP contribution in [0.5, 0.6) is 0 Å². The molecule has 0 aliphatic rings. The first-order valence-electron chi connectivity index (χ1n) is 5.07. The molecular weight excluding hydrogens is 224 g/mol. The number of nitrogens with zero attached hydrogens (tertiary/aromatic N) is 4. The predicted octanol–water partition coefficient (Wildman–Crippen LogP) is 3.04. The second kappa shape index (κ2) is 4.78. The average molecular weight is 230 g/mol. The molecule has 1 aromatic carbocycles. The zero-order chi connectivity index (χ0) is 13.0. The summed E-state index contributed by atoms with van der Waals surface area (Å²) < 4.78 is 0. The average Bonchev–Trinajstić information content (AvgIpc) is 2.46. The molecule has 4 nitrogen and oxygen atoms in total. The first-order chi connectivity index (χ1) is 8.80. The van der Waals surface area contributed by atoms with Gasteiger partial charge in [-0.05, 0) is 29.8 Å². The van der Waals surface area contributed by atoms with E-state index in [-0.39, 0.29) is 16.8 Å². The second-order valence-electron chi connectivity index (χ2n) is 3.47. The van der Waals surface area contributed by atoms with E-state index in [1.54, 1.807) is 30.5 Å². The number of hydrogen-bond acceptors (Lipinski definition) is 3. The topological polar surface area (TPSA) is 64.8 Å². The lowest BCUT2D eigenvalue weighted by Crippen LogP contribution is -1.88. The number of hydrogen-bond donors (Lipinski definition) is 0. The van der Waals surface area contributed by atoms with Crippen molar-refractivity contribution in [3.8, 4) is 23.4 Å². The summed E-state index contributed by atoms with van der Waals surface area (Å²) in [6.45, 7) is 7.06. The van der Waals surface area contributed by atoms with E-state index in [9.17, 15) is 0 Å². The van der Waals surface area contributed by atoms with Gasteiger partial charge in [-0.15, -0.1) is 0 Å². The zero-order valence-corrected chi connectivity index (χ0v) is 9.25. The summed E-state index contributed by atoms with van der Waals surface area (Å²) in [7, 11) is 0. The fourth-order valence-electron chi connectivity index (χ4n) is 1.60. The monoisotopic (exact) mass is 230 g/mol. The van der Waals surface area contributed by atoms with Crippen LogP contribution in [0.2, 0.25) is 0 Å². The van der Waals surface area contributed by atoms with Crippen molar-refractivity contribution in [2.45, 2.75) is 0 Å². The van der Waals surface area contributed by atoms with E-state index in [1.807, 2.05) is 18.2 Å². The maximum absolute atomic E-state index is 9.02. The van der Waals surface area contributed by atoms with Gasteiger partial charge >= 0.3 is 0 Å². The van der Waals surface area contributed by atoms with Crippen LogP contribution < -0.4 is 0 Å². The van der Waals surface area contributed by atoms with Gasteiger partial charge in [-0.2, -0.15) is 10.5 Å². The van der Waals surface area contributed by atoms with E-state index >= 15 is 0 Å². The maximum Gasteiger partial charge on any atom is 0.206 e. The third kappa shape index (κ3) is 1.89. The Morgan fingerprint density at radius 2 is 2.00 bits per heavy atom. The molecule has 4 heteroatoms. The van der Waals surface area contributed by atoms with Crippen LogP contribution in [0.3, 0.4) is 0 Å². The highest BCUT2D eigenvalue weighted by molar-refractivity contribution is 5.74. The van der Waals surface area contributed by atoms with Crippen LogP contribution >= 0.6 is 0 Å². The minimum atomic E-state index is 0.118. The summed E-state index contributed by atoms with van der Waals surface area (Å²) in [6, 6.07) is 12.4. The van der Waals surface area contributed by atoms with Crippen LogP contribution in [0.1, 0.15) is 11.1 Å². The molecule has 18 heavy (non-hydrogen) atoms. The van der Waals surface area contributed by atoms with Crippen LogP contribution in [-0.4, -0.2) is 4.98 Å². The minimum Gasteiger partial charge on any atom is -0.256 e. The molecule has 0 radical (unpaired) electrons. The van der Waals surface area contributed by atoms with Crippen molar-refractivity contribution >= 4 is 5.69 Å². The fraction of sp³-hybridized carbons (Fsp3) is 0. The van der Waals surface area contributed by atoms with Crippen LogP contribution in [0.15, 0.2) is 36.5 Å². The maximum atomic E-state index is 9.02. The van der Waals surface area contributed by atoms with Gasteiger partial charge in [0.1, 0.15) is 0 Å². The van der Waals surface area contributed by atoms with Gasteiger partial charge in [0.15, 0.2) is 0 Å². The molecule has 0 spiro atoms. The lowest BCUT2D eigenvalue weighted by Gasteiger charge is -2.04. The van der Waals surface area contributed by atoms with Gasteiger partial charge in [0.2, 0.25) is 5.69 Å². The summed E-state index contributed by atoms with van der Waals surface area (Å²) in [5, 5.41) is 18.0. The van der Waals surface area contributed by atoms with Gasteiger partial charge in [0.05, 0.1) is 35.5 Å². The van der Waals surface area contributed by atoms with E-state index in [2.05, 4.69) is 9.83 Å². The SMILES string of the molecule is [C-]#[N+]c1cc(-c2ccccn2)cc(C#N)c1C#N. The van der Waals surface area contributed by atoms with Gasteiger partial charge in [-0.1, -0.05) is 6.07 Å². The number of pyridine rings is 1. The summed E-state index contributed by atoms with van der Waals surface area (Å²) in [4.78, 5) is 7.44. The van der Waals surface area contributed by atoms with Crippen LogP contribution in [0.4, 0.5) is 5.69 Å². The molecule has 0 aliphatic carbocycles. The molecule has 2 aromatic rings. The molecule has 0 fully saturated rings. The van der Waals surface area contributed by atoms with Gasteiger partial charge in [-0.3, -0.25) is 4.98 Å². The lowest BCUT2D eigenvalue weighted by molar-refractivity contribution is 1.32. The van der Waals surface area contributed by atoms with Gasteiger partial charge in [0, 0.05) is 6.20 Å². The molecule has 0 N–H and O–H groups in total. The zero-order valence-electron chi connectivity index (χ0n) is 9.25. The Morgan fingerprint density at radius 1 is 1.17 bits per heavy atom. The van der Waals surface area contributed by atoms with Crippen molar-refractivity contribution in [1.82, 2.24) is 4.98 Å². The Morgan fingerprint density at radius 3 is 2.56 bits per heavy atom. The van der Waals surface area contributed by atoms with Crippen molar-refractivity contribution in [1.29, 1.82) is 10.5 Å². The normalized spacial score (nSPS) is 8.94. The molecule has 1 heterocycles. The van der Waals surface area contributed by atoms with Crippen LogP contribution in [-0.2, 0) is 0 Å². The smallest absolute Gasteiger partial charge is 0.206 e. The van der Waals surface area contributed by atoms with Crippen molar-refractivity contribution in [3.63, 3.8) is 0 Å². The van der Waals surface area contributed by atoms with Crippen LogP contribution in [0, 0.1) is 29.2 Å². The number of rotatable bonds is 1. The van der Waals surface area contributed by atoms with Crippen LogP contribution in [0.25, 0.3) is 16.1 Å². The Kier molecular flexibility index (Phi) is 3.01. The highest BCUT2D eigenvalue weighted by Crippen LogP contribution is 2.29. The highest BCUT2D eigenvalue weighted by atomic mass is 14.7. The Hall–Kier alpha value is -3.16. The molecule has 0 atom stereocenters. The Labute approximate surface area is 104 Å². The van der Waals surface area contributed by atoms with E-state index in [0.29, 0.717) is 11.3 Å². The van der Waals surface area contributed by atoms with Crippen molar-refractivity contribution in [2.24, 2.45) is 0 Å². The lowest BCUT2D eigenvalue weighted by atomic mass is 10.0. The van der Waals surface area contributed by atoms with Crippen molar-refractivity contribution in [3.05, 3.63) is 59.1 Å². The van der Waals surface area contributed by atoms with Crippen molar-refractivity contribution in [2.75, 3.05) is 0 Å². The second-order valence-corrected chi connectivity index (χ2v) is 3.47. The molecule has 1 aromatic heterocycles. The number of nitriles is 2. The number of aromatic nitrogens is 1. The molecular formula is C14H6N4. The Bertz CT molecular complexity index is 677. The first-order valence-corrected chi connectivity index (χ1v) is 5.07. The highest BCUT2D eigenvalue weighted by Gasteiger charge is 2.11. The van der Waals surface area contributed by atoms with E-state index in [1.165, 1.54) is 0 Å². The Balaban J connectivity index is 2.72. The van der Waals surface area contributed by atoms with Crippen molar-refractivity contribution < 1.29 is 0 Å². The molecule has 0 saturated heterocycles. The number of benzene rings is 1. The predicted molar refractivity (Wildman–Crippen MR) is 65.4 cm³/mol. The summed E-state index contributed by atoms with van der Waals surface area (Å²) in [5.74, 6) is 0. The first kappa shape index (κ1) is 11.3. The van der Waals surface area contributed by atoms with Gasteiger partial charge < -0.3 is 0 Å². The molecule has 0 saturated carbocycles. The largest absolute Gasteiger partial charge is 0.256 e. The molecule has 0 aliphatic heterocycles. The molecule has 82 valence electrons. The van der Waals surface area contributed by atoms with Gasteiger partial charge in [0.25, 0.3) is 0 Å². The fourth-order valence-corrected chi connectivity index (χ4v) is 1.60. The molecule has 0 bridgehead atoms. The minimum absolute atomic E-state index is 0.118. The van der Waals surface area contributed by atoms with E-state index < -0.39 is 0 Å². The van der Waals surface area contributed by atoms with Gasteiger partial charge in [-0.25, -0.2) is 4.85 Å². The quantitative estimate of drug-likeness (QED) is 0.707. The standard InChI is InChI=1S/C14H6N4/c1-17-14-7-10(13-4-2-3-5-18-13)6-11(8-15)12(14)9-16/h2-7H.